The normalized spacial score (nSPS) is 40.7. The second-order valence-electron chi connectivity index (χ2n) is 3.36. The largest absolute Gasteiger partial charge is 0.301 e. The lowest BCUT2D eigenvalue weighted by atomic mass is 9.90. The Labute approximate surface area is 63.2 Å². The molecule has 0 aromatic carbocycles. The molecule has 0 radical (unpaired) electrons. The van der Waals surface area contributed by atoms with Gasteiger partial charge in [-0.25, -0.2) is 0 Å². The minimum atomic E-state index is 0.318. The Kier molecular flexibility index (Phi) is 2.34. The van der Waals surface area contributed by atoms with E-state index in [4.69, 9.17) is 6.42 Å². The third-order valence-corrected chi connectivity index (χ3v) is 2.08. The molecule has 0 aromatic heterocycles. The molecule has 0 bridgehead atoms. The Morgan fingerprint density at radius 1 is 1.40 bits per heavy atom. The van der Waals surface area contributed by atoms with Gasteiger partial charge < -0.3 is 5.32 Å². The van der Waals surface area contributed by atoms with Crippen molar-refractivity contribution < 1.29 is 0 Å². The average Bonchev–Trinajstić information content (AvgIpc) is 1.85. The summed E-state index contributed by atoms with van der Waals surface area (Å²) in [6, 6.07) is 0.920. The van der Waals surface area contributed by atoms with Crippen LogP contribution in [-0.4, -0.2) is 12.1 Å². The molecule has 56 valence electrons. The molecule has 3 atom stereocenters. The fourth-order valence-corrected chi connectivity index (χ4v) is 1.70. The second-order valence-corrected chi connectivity index (χ2v) is 3.36. The Hall–Kier alpha value is -0.480. The van der Waals surface area contributed by atoms with E-state index in [1.54, 1.807) is 0 Å². The third-order valence-electron chi connectivity index (χ3n) is 2.08. The molecule has 1 saturated heterocycles. The zero-order valence-corrected chi connectivity index (χ0v) is 6.72. The maximum Gasteiger partial charge on any atom is 0.0691 e. The molecule has 1 aliphatic heterocycles. The van der Waals surface area contributed by atoms with Gasteiger partial charge in [0.15, 0.2) is 0 Å². The van der Waals surface area contributed by atoms with Crippen LogP contribution in [-0.2, 0) is 0 Å². The van der Waals surface area contributed by atoms with E-state index in [0.29, 0.717) is 12.1 Å². The van der Waals surface area contributed by atoms with E-state index in [2.05, 4.69) is 25.1 Å². The van der Waals surface area contributed by atoms with Gasteiger partial charge in [-0.3, -0.25) is 0 Å². The summed E-state index contributed by atoms with van der Waals surface area (Å²) in [5.74, 6) is 3.54. The second kappa shape index (κ2) is 3.07. The number of terminal acetylenes is 1. The third kappa shape index (κ3) is 1.75. The Balaban J connectivity index is 2.44. The topological polar surface area (TPSA) is 12.0 Å². The summed E-state index contributed by atoms with van der Waals surface area (Å²) in [5, 5.41) is 3.36. The number of hydrogen-bond donors (Lipinski definition) is 1. The van der Waals surface area contributed by atoms with Gasteiger partial charge in [0.1, 0.15) is 0 Å². The fourth-order valence-electron chi connectivity index (χ4n) is 1.70. The highest BCUT2D eigenvalue weighted by Gasteiger charge is 2.20. The van der Waals surface area contributed by atoms with E-state index in [0.717, 1.165) is 12.3 Å². The Morgan fingerprint density at radius 2 is 2.10 bits per heavy atom. The molecule has 1 fully saturated rings. The van der Waals surface area contributed by atoms with E-state index in [1.165, 1.54) is 6.42 Å². The summed E-state index contributed by atoms with van der Waals surface area (Å²) in [6.45, 7) is 4.46. The molecule has 0 aliphatic carbocycles. The van der Waals surface area contributed by atoms with E-state index in [9.17, 15) is 0 Å². The first-order chi connectivity index (χ1) is 4.72. The van der Waals surface area contributed by atoms with Gasteiger partial charge in [-0.15, -0.1) is 6.42 Å². The summed E-state index contributed by atoms with van der Waals surface area (Å²) in [6.07, 6.45) is 7.72. The number of nitrogens with one attached hydrogen (secondary N) is 1. The highest BCUT2D eigenvalue weighted by Crippen LogP contribution is 2.18. The zero-order chi connectivity index (χ0) is 7.56. The molecule has 1 unspecified atom stereocenters. The van der Waals surface area contributed by atoms with Crippen molar-refractivity contribution in [2.24, 2.45) is 5.92 Å². The molecule has 1 heteroatoms. The van der Waals surface area contributed by atoms with E-state index >= 15 is 0 Å². The van der Waals surface area contributed by atoms with Gasteiger partial charge in [0.2, 0.25) is 0 Å². The average molecular weight is 137 g/mol. The summed E-state index contributed by atoms with van der Waals surface area (Å²) >= 11 is 0. The highest BCUT2D eigenvalue weighted by molar-refractivity contribution is 5.02. The number of rotatable bonds is 0. The van der Waals surface area contributed by atoms with Crippen molar-refractivity contribution in [3.05, 3.63) is 0 Å². The van der Waals surface area contributed by atoms with Crippen LogP contribution in [0.25, 0.3) is 0 Å². The summed E-state index contributed by atoms with van der Waals surface area (Å²) in [4.78, 5) is 0. The number of hydrogen-bond acceptors (Lipinski definition) is 1. The molecule has 1 N–H and O–H groups in total. The highest BCUT2D eigenvalue weighted by atomic mass is 14.9. The molecule has 1 heterocycles. The Bertz CT molecular complexity index is 135. The van der Waals surface area contributed by atoms with Crippen molar-refractivity contribution in [3.63, 3.8) is 0 Å². The smallest absolute Gasteiger partial charge is 0.0691 e. The van der Waals surface area contributed by atoms with Gasteiger partial charge in [-0.2, -0.15) is 0 Å². The van der Waals surface area contributed by atoms with Crippen LogP contribution in [0.3, 0.4) is 0 Å². The molecular formula is C9H15N. The lowest BCUT2D eigenvalue weighted by Gasteiger charge is -2.29. The summed E-state index contributed by atoms with van der Waals surface area (Å²) in [5.41, 5.74) is 0. The van der Waals surface area contributed by atoms with Gasteiger partial charge >= 0.3 is 0 Å². The summed E-state index contributed by atoms with van der Waals surface area (Å²) in [7, 11) is 0. The first kappa shape index (κ1) is 7.63. The first-order valence-corrected chi connectivity index (χ1v) is 3.94. The maximum absolute atomic E-state index is 5.32. The van der Waals surface area contributed by atoms with Crippen LogP contribution in [0.5, 0.6) is 0 Å². The van der Waals surface area contributed by atoms with Crippen LogP contribution >= 0.6 is 0 Å². The van der Waals surface area contributed by atoms with Crippen LogP contribution in [0.2, 0.25) is 0 Å². The molecule has 0 saturated carbocycles. The van der Waals surface area contributed by atoms with E-state index in [1.807, 2.05) is 0 Å². The van der Waals surface area contributed by atoms with Crippen LogP contribution in [0.15, 0.2) is 0 Å². The molecule has 0 spiro atoms. The van der Waals surface area contributed by atoms with Crippen LogP contribution in [0.1, 0.15) is 26.7 Å². The maximum atomic E-state index is 5.32. The monoisotopic (exact) mass is 137 g/mol. The van der Waals surface area contributed by atoms with Gasteiger partial charge in [0.25, 0.3) is 0 Å². The van der Waals surface area contributed by atoms with E-state index < -0.39 is 0 Å². The van der Waals surface area contributed by atoms with Gasteiger partial charge in [0.05, 0.1) is 6.04 Å². The quantitative estimate of drug-likeness (QED) is 0.498. The van der Waals surface area contributed by atoms with Crippen molar-refractivity contribution in [1.82, 2.24) is 5.32 Å². The molecule has 1 rings (SSSR count). The first-order valence-electron chi connectivity index (χ1n) is 3.94. The predicted molar refractivity (Wildman–Crippen MR) is 43.6 cm³/mol. The molecular weight excluding hydrogens is 122 g/mol. The standard InChI is InChI=1S/C9H15N/c1-4-9-6-7(2)5-8(3)10-9/h1,7-10H,5-6H2,2-3H3/t7?,8-,9+/m1/s1. The van der Waals surface area contributed by atoms with Crippen LogP contribution in [0, 0.1) is 18.3 Å². The van der Waals surface area contributed by atoms with Crippen LogP contribution in [0.4, 0.5) is 0 Å². The van der Waals surface area contributed by atoms with Crippen molar-refractivity contribution >= 4 is 0 Å². The molecule has 1 aliphatic rings. The minimum absolute atomic E-state index is 0.318. The lowest BCUT2D eigenvalue weighted by Crippen LogP contribution is -2.42. The Morgan fingerprint density at radius 3 is 2.60 bits per heavy atom. The fraction of sp³-hybridized carbons (Fsp3) is 0.778. The molecule has 0 amide bonds. The minimum Gasteiger partial charge on any atom is -0.301 e. The molecule has 10 heavy (non-hydrogen) atoms. The van der Waals surface area contributed by atoms with Gasteiger partial charge in [-0.05, 0) is 25.7 Å². The van der Waals surface area contributed by atoms with Crippen LogP contribution < -0.4 is 5.32 Å². The predicted octanol–water partition coefficient (Wildman–Crippen LogP) is 1.40. The number of piperidine rings is 1. The van der Waals surface area contributed by atoms with Gasteiger partial charge in [0, 0.05) is 6.04 Å². The van der Waals surface area contributed by atoms with E-state index in [-0.39, 0.29) is 0 Å². The zero-order valence-electron chi connectivity index (χ0n) is 6.72. The van der Waals surface area contributed by atoms with Gasteiger partial charge in [-0.1, -0.05) is 12.8 Å². The summed E-state index contributed by atoms with van der Waals surface area (Å²) < 4.78 is 0. The lowest BCUT2D eigenvalue weighted by molar-refractivity contribution is 0.302. The molecule has 0 aromatic rings. The molecule has 1 nitrogen and oxygen atoms in total. The van der Waals surface area contributed by atoms with Crippen molar-refractivity contribution in [1.29, 1.82) is 0 Å². The van der Waals surface area contributed by atoms with Crippen molar-refractivity contribution in [3.8, 4) is 12.3 Å². The van der Waals surface area contributed by atoms with Crippen molar-refractivity contribution in [2.75, 3.05) is 0 Å². The van der Waals surface area contributed by atoms with Crippen molar-refractivity contribution in [2.45, 2.75) is 38.8 Å². The SMILES string of the molecule is C#C[C@H]1CC(C)C[C@@H](C)N1.